The molecule has 4 heteroatoms. The van der Waals surface area contributed by atoms with Gasteiger partial charge in [0.1, 0.15) is 0 Å². The highest BCUT2D eigenvalue weighted by molar-refractivity contribution is 6.00. The summed E-state index contributed by atoms with van der Waals surface area (Å²) in [6, 6.07) is 0. The van der Waals surface area contributed by atoms with Crippen molar-refractivity contribution in [2.75, 3.05) is 14.2 Å². The summed E-state index contributed by atoms with van der Waals surface area (Å²) in [5.41, 5.74) is -0.255. The maximum absolute atomic E-state index is 12.2. The van der Waals surface area contributed by atoms with E-state index in [0.717, 1.165) is 0 Å². The van der Waals surface area contributed by atoms with Crippen molar-refractivity contribution in [3.63, 3.8) is 0 Å². The van der Waals surface area contributed by atoms with Crippen LogP contribution in [0.5, 0.6) is 0 Å². The quantitative estimate of drug-likeness (QED) is 0.427. The van der Waals surface area contributed by atoms with Gasteiger partial charge in [-0.3, -0.25) is 9.59 Å². The van der Waals surface area contributed by atoms with Gasteiger partial charge < -0.3 is 9.47 Å². The summed E-state index contributed by atoms with van der Waals surface area (Å²) in [5, 5.41) is 0. The van der Waals surface area contributed by atoms with Crippen LogP contribution in [0.15, 0.2) is 23.3 Å². The summed E-state index contributed by atoms with van der Waals surface area (Å²) in [5.74, 6) is 3.51. The first-order valence-corrected chi connectivity index (χ1v) is 6.31. The Bertz CT molecular complexity index is 488. The second-order valence-electron chi connectivity index (χ2n) is 4.54. The molecule has 112 valence electrons. The van der Waals surface area contributed by atoms with Crippen LogP contribution in [-0.2, 0) is 19.1 Å². The van der Waals surface area contributed by atoms with Crippen molar-refractivity contribution in [2.24, 2.45) is 5.41 Å². The van der Waals surface area contributed by atoms with Crippen LogP contribution in [-0.4, -0.2) is 26.2 Å². The van der Waals surface area contributed by atoms with E-state index in [9.17, 15) is 9.59 Å². The molecule has 0 N–H and O–H groups in total. The Morgan fingerprint density at radius 3 is 1.52 bits per heavy atom. The van der Waals surface area contributed by atoms with Crippen LogP contribution in [0.4, 0.5) is 0 Å². The number of terminal acetylenes is 2. The Morgan fingerprint density at radius 2 is 1.29 bits per heavy atom. The topological polar surface area (TPSA) is 52.6 Å². The second-order valence-corrected chi connectivity index (χ2v) is 4.54. The van der Waals surface area contributed by atoms with Crippen molar-refractivity contribution in [1.82, 2.24) is 0 Å². The summed E-state index contributed by atoms with van der Waals surface area (Å²) < 4.78 is 9.54. The number of ether oxygens (including phenoxy) is 2. The molecule has 0 spiro atoms. The van der Waals surface area contributed by atoms with Crippen molar-refractivity contribution < 1.29 is 19.1 Å². The lowest BCUT2D eigenvalue weighted by Gasteiger charge is -2.26. The predicted octanol–water partition coefficient (Wildman–Crippen LogP) is 2.26. The van der Waals surface area contributed by atoms with Crippen molar-refractivity contribution in [3.05, 3.63) is 23.3 Å². The van der Waals surface area contributed by atoms with Crippen LogP contribution < -0.4 is 0 Å². The highest BCUT2D eigenvalue weighted by atomic mass is 16.5. The largest absolute Gasteiger partial charge is 0.468 e. The zero-order valence-electron chi connectivity index (χ0n) is 12.9. The van der Waals surface area contributed by atoms with E-state index in [1.807, 2.05) is 0 Å². The maximum Gasteiger partial charge on any atom is 0.323 e. The van der Waals surface area contributed by atoms with E-state index in [1.165, 1.54) is 14.2 Å². The molecule has 21 heavy (non-hydrogen) atoms. The van der Waals surface area contributed by atoms with E-state index in [-0.39, 0.29) is 12.8 Å². The van der Waals surface area contributed by atoms with Crippen LogP contribution in [0.2, 0.25) is 0 Å². The summed E-state index contributed by atoms with van der Waals surface area (Å²) in [4.78, 5) is 24.3. The molecule has 0 saturated carbocycles. The van der Waals surface area contributed by atoms with Crippen molar-refractivity contribution in [1.29, 1.82) is 0 Å². The molecule has 0 fully saturated rings. The molecule has 0 aromatic heterocycles. The SMILES string of the molecule is C#C/C(C)=C\CC(C/C=C(/C)C#C)(C(=O)OC)C(=O)OC. The Labute approximate surface area is 126 Å². The molecule has 0 aromatic rings. The van der Waals surface area contributed by atoms with Crippen molar-refractivity contribution >= 4 is 11.9 Å². The smallest absolute Gasteiger partial charge is 0.323 e. The van der Waals surface area contributed by atoms with Gasteiger partial charge in [0.2, 0.25) is 0 Å². The lowest BCUT2D eigenvalue weighted by atomic mass is 9.80. The minimum absolute atomic E-state index is 0.0801. The number of methoxy groups -OCH3 is 2. The second kappa shape index (κ2) is 8.66. The van der Waals surface area contributed by atoms with E-state index in [4.69, 9.17) is 22.3 Å². The Kier molecular flexibility index (Phi) is 7.65. The molecule has 0 aromatic carbocycles. The zero-order chi connectivity index (χ0) is 16.5. The van der Waals surface area contributed by atoms with Gasteiger partial charge >= 0.3 is 11.9 Å². The number of hydrogen-bond donors (Lipinski definition) is 0. The molecule has 0 radical (unpaired) electrons. The number of rotatable bonds is 6. The van der Waals surface area contributed by atoms with Crippen LogP contribution in [0.3, 0.4) is 0 Å². The van der Waals surface area contributed by atoms with Gasteiger partial charge in [-0.2, -0.15) is 0 Å². The van der Waals surface area contributed by atoms with Gasteiger partial charge in [-0.15, -0.1) is 12.8 Å². The van der Waals surface area contributed by atoms with Crippen LogP contribution in [0, 0.1) is 30.1 Å². The minimum Gasteiger partial charge on any atom is -0.468 e. The fourth-order valence-corrected chi connectivity index (χ4v) is 1.66. The number of hydrogen-bond acceptors (Lipinski definition) is 4. The van der Waals surface area contributed by atoms with Gasteiger partial charge in [0.05, 0.1) is 14.2 Å². The van der Waals surface area contributed by atoms with E-state index < -0.39 is 17.4 Å². The summed E-state index contributed by atoms with van der Waals surface area (Å²) in [6.45, 7) is 3.42. The average molecular weight is 288 g/mol. The normalized spacial score (nSPS) is 12.1. The van der Waals surface area contributed by atoms with Crippen LogP contribution in [0.25, 0.3) is 0 Å². The van der Waals surface area contributed by atoms with Gasteiger partial charge in [-0.1, -0.05) is 24.0 Å². The maximum atomic E-state index is 12.2. The van der Waals surface area contributed by atoms with Crippen LogP contribution >= 0.6 is 0 Å². The minimum atomic E-state index is -1.49. The zero-order valence-corrected chi connectivity index (χ0v) is 12.9. The molecule has 0 rings (SSSR count). The molecule has 0 saturated heterocycles. The molecule has 0 unspecified atom stereocenters. The highest BCUT2D eigenvalue weighted by Gasteiger charge is 2.46. The van der Waals surface area contributed by atoms with E-state index in [0.29, 0.717) is 11.1 Å². The molecular formula is C17H20O4. The third-order valence-corrected chi connectivity index (χ3v) is 3.12. The number of allylic oxidation sites excluding steroid dienone is 4. The molecule has 0 amide bonds. The van der Waals surface area contributed by atoms with Gasteiger partial charge in [0.25, 0.3) is 0 Å². The van der Waals surface area contributed by atoms with Gasteiger partial charge in [0, 0.05) is 0 Å². The molecule has 0 heterocycles. The molecule has 0 aliphatic heterocycles. The number of carbonyl (C=O) groups excluding carboxylic acids is 2. The van der Waals surface area contributed by atoms with Crippen LogP contribution in [0.1, 0.15) is 26.7 Å². The standard InChI is InChI=1S/C17H20O4/c1-7-13(3)9-11-17(15(18)20-5,16(19)21-6)12-10-14(4)8-2/h1-2,9-10H,11-12H2,3-6H3/b13-9-,14-10-. The fourth-order valence-electron chi connectivity index (χ4n) is 1.66. The fraction of sp³-hybridized carbons (Fsp3) is 0.412. The third-order valence-electron chi connectivity index (χ3n) is 3.12. The number of esters is 2. The Morgan fingerprint density at radius 1 is 0.952 bits per heavy atom. The lowest BCUT2D eigenvalue weighted by molar-refractivity contribution is -0.168. The molecule has 0 aliphatic rings. The molecule has 0 bridgehead atoms. The van der Waals surface area contributed by atoms with Crippen molar-refractivity contribution in [2.45, 2.75) is 26.7 Å². The first-order valence-electron chi connectivity index (χ1n) is 6.31. The van der Waals surface area contributed by atoms with E-state index in [1.54, 1.807) is 26.0 Å². The molecular weight excluding hydrogens is 268 g/mol. The first-order chi connectivity index (χ1) is 9.87. The highest BCUT2D eigenvalue weighted by Crippen LogP contribution is 2.32. The molecule has 0 atom stereocenters. The molecule has 4 nitrogen and oxygen atoms in total. The van der Waals surface area contributed by atoms with Gasteiger partial charge in [0.15, 0.2) is 5.41 Å². The van der Waals surface area contributed by atoms with E-state index in [2.05, 4.69) is 11.8 Å². The monoisotopic (exact) mass is 288 g/mol. The summed E-state index contributed by atoms with van der Waals surface area (Å²) >= 11 is 0. The Hall–Kier alpha value is -2.46. The van der Waals surface area contributed by atoms with Gasteiger partial charge in [-0.05, 0) is 37.8 Å². The Balaban J connectivity index is 5.77. The first kappa shape index (κ1) is 18.5. The molecule has 0 aliphatic carbocycles. The summed E-state index contributed by atoms with van der Waals surface area (Å²) in [6.07, 6.45) is 14.0. The third kappa shape index (κ3) is 4.85. The summed E-state index contributed by atoms with van der Waals surface area (Å²) in [7, 11) is 2.44. The van der Waals surface area contributed by atoms with Gasteiger partial charge in [-0.25, -0.2) is 0 Å². The van der Waals surface area contributed by atoms with Crippen molar-refractivity contribution in [3.8, 4) is 24.7 Å². The predicted molar refractivity (Wildman–Crippen MR) is 80.9 cm³/mol. The lowest BCUT2D eigenvalue weighted by Crippen LogP contribution is -2.40. The average Bonchev–Trinajstić information content (AvgIpc) is 2.52. The number of carbonyl (C=O) groups is 2. The van der Waals surface area contributed by atoms with E-state index >= 15 is 0 Å².